The first-order valence-corrected chi connectivity index (χ1v) is 7.06. The van der Waals surface area contributed by atoms with E-state index in [1.54, 1.807) is 0 Å². The standard InChI is InChI=1S/C14H27NO2/c1-3-13(14(16)17-2)11-15-10-9-12-7-5-4-6-8-12/h12-13,15H,3-11H2,1-2H3. The molecule has 0 saturated heterocycles. The van der Waals surface area contributed by atoms with E-state index in [4.69, 9.17) is 4.74 Å². The number of carbonyl (C=O) groups excluding carboxylic acids is 1. The van der Waals surface area contributed by atoms with E-state index in [1.165, 1.54) is 45.6 Å². The maximum atomic E-state index is 11.4. The lowest BCUT2D eigenvalue weighted by molar-refractivity contribution is -0.145. The summed E-state index contributed by atoms with van der Waals surface area (Å²) in [6.45, 7) is 3.83. The van der Waals surface area contributed by atoms with Gasteiger partial charge in [-0.3, -0.25) is 4.79 Å². The van der Waals surface area contributed by atoms with Crippen molar-refractivity contribution in [3.05, 3.63) is 0 Å². The Labute approximate surface area is 105 Å². The molecular formula is C14H27NO2. The Balaban J connectivity index is 2.07. The normalized spacial score (nSPS) is 18.9. The van der Waals surface area contributed by atoms with Crippen molar-refractivity contribution in [2.75, 3.05) is 20.2 Å². The van der Waals surface area contributed by atoms with Gasteiger partial charge in [0, 0.05) is 6.54 Å². The topological polar surface area (TPSA) is 38.3 Å². The van der Waals surface area contributed by atoms with Crippen LogP contribution in [-0.2, 0) is 9.53 Å². The van der Waals surface area contributed by atoms with Crippen LogP contribution in [0.1, 0.15) is 51.9 Å². The lowest BCUT2D eigenvalue weighted by Crippen LogP contribution is -2.30. The average Bonchev–Trinajstić information content (AvgIpc) is 2.39. The highest BCUT2D eigenvalue weighted by atomic mass is 16.5. The number of hydrogen-bond acceptors (Lipinski definition) is 3. The Hall–Kier alpha value is -0.570. The number of methoxy groups -OCH3 is 1. The maximum absolute atomic E-state index is 11.4. The molecule has 0 bridgehead atoms. The van der Waals surface area contributed by atoms with Crippen LogP contribution in [-0.4, -0.2) is 26.2 Å². The van der Waals surface area contributed by atoms with E-state index in [2.05, 4.69) is 5.32 Å². The smallest absolute Gasteiger partial charge is 0.309 e. The highest BCUT2D eigenvalue weighted by molar-refractivity contribution is 5.72. The molecule has 0 radical (unpaired) electrons. The third-order valence-corrected chi connectivity index (χ3v) is 3.87. The summed E-state index contributed by atoms with van der Waals surface area (Å²) in [5.74, 6) is 0.846. The van der Waals surface area contributed by atoms with Crippen molar-refractivity contribution in [3.8, 4) is 0 Å². The van der Waals surface area contributed by atoms with E-state index < -0.39 is 0 Å². The number of rotatable bonds is 7. The van der Waals surface area contributed by atoms with E-state index in [0.29, 0.717) is 0 Å². The van der Waals surface area contributed by atoms with Gasteiger partial charge in [-0.1, -0.05) is 39.0 Å². The maximum Gasteiger partial charge on any atom is 0.309 e. The van der Waals surface area contributed by atoms with Gasteiger partial charge in [-0.15, -0.1) is 0 Å². The first-order valence-electron chi connectivity index (χ1n) is 7.06. The molecule has 1 fully saturated rings. The summed E-state index contributed by atoms with van der Waals surface area (Å²) in [6.07, 6.45) is 9.14. The minimum Gasteiger partial charge on any atom is -0.469 e. The molecule has 0 amide bonds. The van der Waals surface area contributed by atoms with E-state index in [1.807, 2.05) is 6.92 Å². The van der Waals surface area contributed by atoms with Crippen molar-refractivity contribution in [1.29, 1.82) is 0 Å². The highest BCUT2D eigenvalue weighted by Gasteiger charge is 2.17. The second-order valence-electron chi connectivity index (χ2n) is 5.13. The van der Waals surface area contributed by atoms with Gasteiger partial charge in [-0.25, -0.2) is 0 Å². The number of esters is 1. The molecule has 0 aliphatic heterocycles. The summed E-state index contributed by atoms with van der Waals surface area (Å²) < 4.78 is 4.77. The van der Waals surface area contributed by atoms with Crippen molar-refractivity contribution < 1.29 is 9.53 Å². The Morgan fingerprint density at radius 1 is 1.35 bits per heavy atom. The van der Waals surface area contributed by atoms with Crippen LogP contribution < -0.4 is 5.32 Å². The van der Waals surface area contributed by atoms with E-state index in [9.17, 15) is 4.79 Å². The number of hydrogen-bond donors (Lipinski definition) is 1. The molecule has 17 heavy (non-hydrogen) atoms. The zero-order chi connectivity index (χ0) is 12.5. The van der Waals surface area contributed by atoms with E-state index in [0.717, 1.165) is 25.4 Å². The third kappa shape index (κ3) is 5.53. The second kappa shape index (κ2) is 8.51. The minimum atomic E-state index is -0.0855. The van der Waals surface area contributed by atoms with Gasteiger partial charge < -0.3 is 10.1 Å². The molecule has 1 atom stereocenters. The molecule has 1 rings (SSSR count). The largest absolute Gasteiger partial charge is 0.469 e. The zero-order valence-electron chi connectivity index (χ0n) is 11.3. The summed E-state index contributed by atoms with van der Waals surface area (Å²) in [4.78, 5) is 11.4. The van der Waals surface area contributed by atoms with Gasteiger partial charge in [0.25, 0.3) is 0 Å². The van der Waals surface area contributed by atoms with Crippen molar-refractivity contribution in [3.63, 3.8) is 0 Å². The summed E-state index contributed by atoms with van der Waals surface area (Å²) >= 11 is 0. The van der Waals surface area contributed by atoms with Gasteiger partial charge in [0.15, 0.2) is 0 Å². The van der Waals surface area contributed by atoms with Crippen LogP contribution in [0.5, 0.6) is 0 Å². The molecule has 0 aromatic carbocycles. The second-order valence-corrected chi connectivity index (χ2v) is 5.13. The van der Waals surface area contributed by atoms with Crippen LogP contribution in [0.15, 0.2) is 0 Å². The molecule has 1 aliphatic carbocycles. The zero-order valence-corrected chi connectivity index (χ0v) is 11.3. The fourth-order valence-electron chi connectivity index (χ4n) is 2.62. The minimum absolute atomic E-state index is 0.0198. The van der Waals surface area contributed by atoms with Crippen molar-refractivity contribution in [2.24, 2.45) is 11.8 Å². The summed E-state index contributed by atoms with van der Waals surface area (Å²) in [5, 5.41) is 3.40. The Bertz CT molecular complexity index is 212. The van der Waals surface area contributed by atoms with Crippen LogP contribution in [0.2, 0.25) is 0 Å². The predicted molar refractivity (Wildman–Crippen MR) is 69.9 cm³/mol. The van der Waals surface area contributed by atoms with Crippen LogP contribution in [0.25, 0.3) is 0 Å². The van der Waals surface area contributed by atoms with Crippen LogP contribution in [0.4, 0.5) is 0 Å². The molecule has 1 aliphatic rings. The molecular weight excluding hydrogens is 214 g/mol. The highest BCUT2D eigenvalue weighted by Crippen LogP contribution is 2.25. The Morgan fingerprint density at radius 3 is 2.65 bits per heavy atom. The molecule has 0 aromatic rings. The lowest BCUT2D eigenvalue weighted by atomic mass is 9.87. The fourth-order valence-corrected chi connectivity index (χ4v) is 2.62. The fraction of sp³-hybridized carbons (Fsp3) is 0.929. The molecule has 1 saturated carbocycles. The lowest BCUT2D eigenvalue weighted by Gasteiger charge is -2.22. The van der Waals surface area contributed by atoms with E-state index in [-0.39, 0.29) is 11.9 Å². The van der Waals surface area contributed by atoms with Crippen LogP contribution >= 0.6 is 0 Å². The Kier molecular flexibility index (Phi) is 7.25. The summed E-state index contributed by atoms with van der Waals surface area (Å²) in [5.41, 5.74) is 0. The molecule has 1 N–H and O–H groups in total. The number of ether oxygens (including phenoxy) is 1. The predicted octanol–water partition coefficient (Wildman–Crippen LogP) is 2.75. The molecule has 100 valence electrons. The van der Waals surface area contributed by atoms with E-state index >= 15 is 0 Å². The molecule has 0 spiro atoms. The SMILES string of the molecule is CCC(CNCCC1CCCCC1)C(=O)OC. The van der Waals surface area contributed by atoms with Crippen LogP contribution in [0.3, 0.4) is 0 Å². The van der Waals surface area contributed by atoms with Gasteiger partial charge >= 0.3 is 5.97 Å². The number of carbonyl (C=O) groups is 1. The molecule has 3 heteroatoms. The van der Waals surface area contributed by atoms with Gasteiger partial charge in [0.05, 0.1) is 13.0 Å². The first kappa shape index (κ1) is 14.5. The first-order chi connectivity index (χ1) is 8.27. The average molecular weight is 241 g/mol. The molecule has 0 heterocycles. The van der Waals surface area contributed by atoms with Crippen LogP contribution in [0, 0.1) is 11.8 Å². The number of nitrogens with one attached hydrogen (secondary N) is 1. The Morgan fingerprint density at radius 2 is 2.06 bits per heavy atom. The van der Waals surface area contributed by atoms with Gasteiger partial charge in [0.1, 0.15) is 0 Å². The van der Waals surface area contributed by atoms with Crippen molar-refractivity contribution >= 4 is 5.97 Å². The van der Waals surface area contributed by atoms with Gasteiger partial charge in [-0.05, 0) is 25.3 Å². The third-order valence-electron chi connectivity index (χ3n) is 3.87. The monoisotopic (exact) mass is 241 g/mol. The molecule has 0 aromatic heterocycles. The molecule has 3 nitrogen and oxygen atoms in total. The quantitative estimate of drug-likeness (QED) is 0.550. The van der Waals surface area contributed by atoms with Gasteiger partial charge in [0.2, 0.25) is 0 Å². The summed E-state index contributed by atoms with van der Waals surface area (Å²) in [6, 6.07) is 0. The van der Waals surface area contributed by atoms with Crippen molar-refractivity contribution in [1.82, 2.24) is 5.32 Å². The van der Waals surface area contributed by atoms with Crippen molar-refractivity contribution in [2.45, 2.75) is 51.9 Å². The summed E-state index contributed by atoms with van der Waals surface area (Å²) in [7, 11) is 1.47. The molecule has 1 unspecified atom stereocenters. The van der Waals surface area contributed by atoms with Gasteiger partial charge in [-0.2, -0.15) is 0 Å².